The van der Waals surface area contributed by atoms with Crippen LogP contribution in [0.15, 0.2) is 78.9 Å². The first-order valence-electron chi connectivity index (χ1n) is 15.1. The van der Waals surface area contributed by atoms with Crippen molar-refractivity contribution in [2.75, 3.05) is 13.2 Å². The van der Waals surface area contributed by atoms with Crippen LogP contribution in [0.2, 0.25) is 25.1 Å². The van der Waals surface area contributed by atoms with Crippen LogP contribution in [0, 0.1) is 6.92 Å². The van der Waals surface area contributed by atoms with Crippen molar-refractivity contribution < 1.29 is 58.6 Å². The Bertz CT molecular complexity index is 1850. The molecule has 0 spiro atoms. The smallest absolute Gasteiger partial charge is 0.347 e. The lowest BCUT2D eigenvalue weighted by Gasteiger charge is -2.21. The van der Waals surface area contributed by atoms with E-state index in [0.29, 0.717) is 53.9 Å². The molecule has 0 saturated heterocycles. The number of aryl methyl sites for hydroxylation is 1. The molecule has 0 fully saturated rings. The van der Waals surface area contributed by atoms with Gasteiger partial charge in [0.05, 0.1) is 10.0 Å². The van der Waals surface area contributed by atoms with Gasteiger partial charge in [-0.05, 0) is 112 Å². The second kappa shape index (κ2) is 23.2. The summed E-state index contributed by atoms with van der Waals surface area (Å²) in [5.41, 5.74) is -0.476. The standard InChI is InChI=1S/C16H14Cl2O4.C9H9ClO3.C8H6Cl2O3.C3H4Cl2O2/c1-16(2,15(19)20)22-12-6-4-11(5-7-12)21-14-8-3-10(17)9-13(14)18;1-6-4-7(10)2-3-8(6)13-5-9(11)12;9-5-1-2-7(6(10)3-5)13-4-8(11)12;1-3(4,5)2(6)7/h3-9H,1-2H3,(H,19,20);2-4H,5H2,1H3,(H,11,12);1-3H,4H2,(H,11,12);1H3,(H,6,7). The summed E-state index contributed by atoms with van der Waals surface area (Å²) < 4.78 is 19.3. The summed E-state index contributed by atoms with van der Waals surface area (Å²) in [5, 5.41) is 36.0. The summed E-state index contributed by atoms with van der Waals surface area (Å²) in [4.78, 5) is 41.1. The van der Waals surface area contributed by atoms with Crippen molar-refractivity contribution in [3.63, 3.8) is 0 Å². The van der Waals surface area contributed by atoms with Gasteiger partial charge in [0.15, 0.2) is 18.8 Å². The Morgan fingerprint density at radius 2 is 0.945 bits per heavy atom. The molecule has 0 aliphatic heterocycles. The summed E-state index contributed by atoms with van der Waals surface area (Å²) in [5.74, 6) is -1.99. The predicted octanol–water partition coefficient (Wildman–Crippen LogP) is 10.9. The molecule has 0 aromatic heterocycles. The third-order valence-corrected chi connectivity index (χ3v) is 7.56. The third-order valence-electron chi connectivity index (χ3n) is 5.94. The Morgan fingerprint density at radius 1 is 0.564 bits per heavy atom. The van der Waals surface area contributed by atoms with E-state index in [1.807, 2.05) is 6.92 Å². The van der Waals surface area contributed by atoms with Crippen LogP contribution in [-0.4, -0.2) is 67.5 Å². The van der Waals surface area contributed by atoms with Gasteiger partial charge in [-0.15, -0.1) is 0 Å². The first kappa shape index (κ1) is 49.0. The van der Waals surface area contributed by atoms with Crippen LogP contribution in [0.5, 0.6) is 28.7 Å². The lowest BCUT2D eigenvalue weighted by molar-refractivity contribution is -0.152. The van der Waals surface area contributed by atoms with Gasteiger partial charge in [-0.2, -0.15) is 0 Å². The second-order valence-electron chi connectivity index (χ2n) is 11.1. The minimum absolute atomic E-state index is 0.300. The van der Waals surface area contributed by atoms with Gasteiger partial charge >= 0.3 is 23.9 Å². The first-order chi connectivity index (χ1) is 25.4. The molecule has 0 saturated carbocycles. The highest BCUT2D eigenvalue weighted by atomic mass is 35.5. The van der Waals surface area contributed by atoms with Gasteiger partial charge in [0, 0.05) is 15.1 Å². The molecule has 0 bridgehead atoms. The quantitative estimate of drug-likeness (QED) is 0.0987. The molecule has 0 heterocycles. The number of rotatable bonds is 12. The number of hydrogen-bond donors (Lipinski definition) is 4. The van der Waals surface area contributed by atoms with Crippen molar-refractivity contribution in [3.8, 4) is 28.7 Å². The van der Waals surface area contributed by atoms with Gasteiger partial charge in [0.25, 0.3) is 0 Å². The number of alkyl halides is 2. The second-order valence-corrected chi connectivity index (χ2v) is 14.9. The molecule has 12 nitrogen and oxygen atoms in total. The maximum atomic E-state index is 11.0. The summed E-state index contributed by atoms with van der Waals surface area (Å²) >= 11 is 39.0. The van der Waals surface area contributed by atoms with Crippen molar-refractivity contribution in [3.05, 3.63) is 110 Å². The maximum Gasteiger partial charge on any atom is 0.347 e. The molecule has 0 amide bonds. The Hall–Kier alpha value is -4.01. The van der Waals surface area contributed by atoms with Crippen molar-refractivity contribution in [1.82, 2.24) is 0 Å². The largest absolute Gasteiger partial charge is 0.482 e. The van der Waals surface area contributed by atoms with E-state index >= 15 is 0 Å². The SMILES string of the molecule is CC(C)(Oc1ccc(Oc2ccc(Cl)cc2Cl)cc1)C(=O)O.CC(Cl)(Cl)C(=O)O.Cc1cc(Cl)ccc1OCC(=O)O.O=C(O)COc1ccc(Cl)cc1Cl. The third kappa shape index (κ3) is 19.9. The van der Waals surface area contributed by atoms with Gasteiger partial charge in [0.2, 0.25) is 4.33 Å². The highest BCUT2D eigenvalue weighted by Gasteiger charge is 2.29. The van der Waals surface area contributed by atoms with Gasteiger partial charge in [-0.25, -0.2) is 19.2 Å². The van der Waals surface area contributed by atoms with Crippen LogP contribution in [0.1, 0.15) is 26.3 Å². The van der Waals surface area contributed by atoms with Crippen LogP contribution >= 0.6 is 81.2 Å². The average Bonchev–Trinajstić information content (AvgIpc) is 3.06. The number of carboxylic acid groups (broad SMARTS) is 4. The maximum absolute atomic E-state index is 11.0. The van der Waals surface area contributed by atoms with Gasteiger partial charge in [-0.1, -0.05) is 81.2 Å². The zero-order valence-electron chi connectivity index (χ0n) is 29.1. The molecule has 4 N–H and O–H groups in total. The van der Waals surface area contributed by atoms with Crippen molar-refractivity contribution in [2.24, 2.45) is 0 Å². The van der Waals surface area contributed by atoms with E-state index in [-0.39, 0.29) is 6.61 Å². The molecule has 0 unspecified atom stereocenters. The fraction of sp³-hybridized carbons (Fsp3) is 0.222. The number of carboxylic acids is 4. The van der Waals surface area contributed by atoms with Crippen LogP contribution in [0.4, 0.5) is 0 Å². The molecule has 0 aliphatic rings. The predicted molar refractivity (Wildman–Crippen MR) is 212 cm³/mol. The van der Waals surface area contributed by atoms with Gasteiger partial charge in [0.1, 0.15) is 28.7 Å². The number of benzene rings is 4. The molecule has 298 valence electrons. The normalized spacial score (nSPS) is 10.5. The molecule has 0 aliphatic carbocycles. The van der Waals surface area contributed by atoms with Crippen molar-refractivity contribution in [2.45, 2.75) is 37.6 Å². The monoisotopic (exact) mass is 902 g/mol. The Kier molecular flexibility index (Phi) is 20.6. The Balaban J connectivity index is 0.000000396. The minimum Gasteiger partial charge on any atom is -0.482 e. The molecular weight excluding hydrogens is 873 g/mol. The van der Waals surface area contributed by atoms with Crippen LogP contribution in [-0.2, 0) is 19.2 Å². The fourth-order valence-electron chi connectivity index (χ4n) is 3.24. The summed E-state index contributed by atoms with van der Waals surface area (Å²) in [7, 11) is 0. The zero-order chi connectivity index (χ0) is 42.1. The zero-order valence-corrected chi connectivity index (χ0v) is 34.4. The number of ether oxygens (including phenoxy) is 4. The van der Waals surface area contributed by atoms with E-state index in [4.69, 9.17) is 121 Å². The fourth-order valence-corrected chi connectivity index (χ4v) is 4.38. The van der Waals surface area contributed by atoms with E-state index < -0.39 is 40.4 Å². The van der Waals surface area contributed by atoms with E-state index in [9.17, 15) is 19.2 Å². The molecule has 4 aromatic carbocycles. The average molecular weight is 906 g/mol. The van der Waals surface area contributed by atoms with Crippen LogP contribution < -0.4 is 18.9 Å². The van der Waals surface area contributed by atoms with Crippen LogP contribution in [0.3, 0.4) is 0 Å². The molecule has 4 rings (SSSR count). The number of aliphatic carboxylic acids is 4. The highest BCUT2D eigenvalue weighted by molar-refractivity contribution is 6.57. The number of hydrogen-bond acceptors (Lipinski definition) is 8. The van der Waals surface area contributed by atoms with Gasteiger partial charge in [-0.3, -0.25) is 0 Å². The molecular formula is C36H33Cl7O12. The number of carbonyl (C=O) groups is 4. The first-order valence-corrected chi connectivity index (χ1v) is 17.7. The van der Waals surface area contributed by atoms with E-state index in [1.54, 1.807) is 66.7 Å². The van der Waals surface area contributed by atoms with Crippen molar-refractivity contribution >= 4 is 105 Å². The van der Waals surface area contributed by atoms with E-state index in [0.717, 1.165) is 5.56 Å². The summed E-state index contributed by atoms with van der Waals surface area (Å²) in [6.45, 7) is 5.21. The lowest BCUT2D eigenvalue weighted by atomic mass is 10.1. The van der Waals surface area contributed by atoms with E-state index in [2.05, 4.69) is 0 Å². The van der Waals surface area contributed by atoms with Gasteiger partial charge < -0.3 is 39.4 Å². The summed E-state index contributed by atoms with van der Waals surface area (Å²) in [6.07, 6.45) is 0. The molecule has 0 atom stereocenters. The number of halogens is 7. The highest BCUT2D eigenvalue weighted by Crippen LogP contribution is 2.33. The van der Waals surface area contributed by atoms with Crippen molar-refractivity contribution in [1.29, 1.82) is 0 Å². The molecule has 19 heteroatoms. The molecule has 0 radical (unpaired) electrons. The summed E-state index contributed by atoms with van der Waals surface area (Å²) in [6, 6.07) is 21.1. The Morgan fingerprint density at radius 3 is 1.33 bits per heavy atom. The topological polar surface area (TPSA) is 186 Å². The molecule has 4 aromatic rings. The van der Waals surface area contributed by atoms with Crippen LogP contribution in [0.25, 0.3) is 0 Å². The lowest BCUT2D eigenvalue weighted by Crippen LogP contribution is -2.37. The minimum atomic E-state index is -1.64. The van der Waals surface area contributed by atoms with E-state index in [1.165, 1.54) is 32.9 Å². The molecule has 55 heavy (non-hydrogen) atoms. The Labute approximate surface area is 350 Å².